The van der Waals surface area contributed by atoms with E-state index in [-0.39, 0.29) is 23.8 Å². The highest BCUT2D eigenvalue weighted by molar-refractivity contribution is 6.02. The van der Waals surface area contributed by atoms with Gasteiger partial charge >= 0.3 is 5.97 Å². The van der Waals surface area contributed by atoms with Crippen LogP contribution >= 0.6 is 0 Å². The first-order valence-electron chi connectivity index (χ1n) is 7.66. The van der Waals surface area contributed by atoms with Gasteiger partial charge in [-0.1, -0.05) is 13.3 Å². The van der Waals surface area contributed by atoms with Crippen molar-refractivity contribution >= 4 is 23.3 Å². The van der Waals surface area contributed by atoms with Gasteiger partial charge in [-0.25, -0.2) is 5.43 Å². The third-order valence-electron chi connectivity index (χ3n) is 3.33. The number of benzene rings is 1. The van der Waals surface area contributed by atoms with E-state index in [0.29, 0.717) is 12.1 Å². The molecule has 0 heterocycles. The fourth-order valence-electron chi connectivity index (χ4n) is 2.04. The molecule has 1 atom stereocenters. The van der Waals surface area contributed by atoms with Crippen LogP contribution in [-0.2, 0) is 9.53 Å². The van der Waals surface area contributed by atoms with Crippen LogP contribution in [0, 0.1) is 16.0 Å². The number of carbonyl (C=O) groups is 2. The zero-order chi connectivity index (χ0) is 18.1. The number of rotatable bonds is 8. The quantitative estimate of drug-likeness (QED) is 0.340. The number of hydrogen-bond donors (Lipinski definition) is 1. The Kier molecular flexibility index (Phi) is 7.54. The van der Waals surface area contributed by atoms with Crippen molar-refractivity contribution in [2.45, 2.75) is 33.6 Å². The van der Waals surface area contributed by atoms with Gasteiger partial charge < -0.3 is 4.74 Å². The molecule has 0 aliphatic rings. The van der Waals surface area contributed by atoms with Crippen molar-refractivity contribution in [3.63, 3.8) is 0 Å². The van der Waals surface area contributed by atoms with E-state index in [2.05, 4.69) is 10.5 Å². The summed E-state index contributed by atoms with van der Waals surface area (Å²) in [4.78, 5) is 34.0. The fraction of sp³-hybridized carbons (Fsp3) is 0.438. The monoisotopic (exact) mass is 335 g/mol. The summed E-state index contributed by atoms with van der Waals surface area (Å²) in [5.41, 5.74) is 2.94. The molecule has 8 heteroatoms. The SMILES string of the molecule is CCC[C@@H](C(=O)OCC)/C(C)=N\NC(=O)c1ccc([N+](=O)[O-])cc1. The molecule has 0 spiro atoms. The molecule has 0 unspecified atom stereocenters. The van der Waals surface area contributed by atoms with Crippen molar-refractivity contribution in [3.8, 4) is 0 Å². The summed E-state index contributed by atoms with van der Waals surface area (Å²) in [6, 6.07) is 5.16. The van der Waals surface area contributed by atoms with Crippen LogP contribution in [0.25, 0.3) is 0 Å². The van der Waals surface area contributed by atoms with Crippen LogP contribution in [0.2, 0.25) is 0 Å². The number of hydrogen-bond acceptors (Lipinski definition) is 6. The lowest BCUT2D eigenvalue weighted by Crippen LogP contribution is -2.27. The molecule has 0 radical (unpaired) electrons. The van der Waals surface area contributed by atoms with Gasteiger partial charge in [0.1, 0.15) is 0 Å². The Balaban J connectivity index is 2.78. The van der Waals surface area contributed by atoms with Gasteiger partial charge in [0, 0.05) is 23.4 Å². The van der Waals surface area contributed by atoms with Gasteiger partial charge in [-0.05, 0) is 32.4 Å². The number of amides is 1. The fourth-order valence-corrected chi connectivity index (χ4v) is 2.04. The van der Waals surface area contributed by atoms with Gasteiger partial charge in [0.2, 0.25) is 0 Å². The molecule has 1 rings (SSSR count). The summed E-state index contributed by atoms with van der Waals surface area (Å²) in [7, 11) is 0. The van der Waals surface area contributed by atoms with Crippen molar-refractivity contribution < 1.29 is 19.2 Å². The third-order valence-corrected chi connectivity index (χ3v) is 3.33. The Bertz CT molecular complexity index is 625. The summed E-state index contributed by atoms with van der Waals surface area (Å²) < 4.78 is 5.01. The average molecular weight is 335 g/mol. The van der Waals surface area contributed by atoms with Gasteiger partial charge in [-0.3, -0.25) is 19.7 Å². The van der Waals surface area contributed by atoms with Crippen molar-refractivity contribution in [2.75, 3.05) is 6.61 Å². The smallest absolute Gasteiger partial charge is 0.314 e. The Morgan fingerprint density at radius 2 is 1.92 bits per heavy atom. The standard InChI is InChI=1S/C16H21N3O5/c1-4-6-14(16(21)24-5-2)11(3)17-18-15(20)12-7-9-13(10-8-12)19(22)23/h7-10,14H,4-6H2,1-3H3,(H,18,20)/b17-11-/t14-/m1/s1. The molecule has 1 aromatic carbocycles. The molecule has 0 saturated carbocycles. The van der Waals surface area contributed by atoms with Crippen molar-refractivity contribution in [1.82, 2.24) is 5.43 Å². The molecule has 1 N–H and O–H groups in total. The lowest BCUT2D eigenvalue weighted by molar-refractivity contribution is -0.384. The molecule has 24 heavy (non-hydrogen) atoms. The Hall–Kier alpha value is -2.77. The van der Waals surface area contributed by atoms with E-state index >= 15 is 0 Å². The predicted octanol–water partition coefficient (Wildman–Crippen LogP) is 2.68. The number of carbonyl (C=O) groups excluding carboxylic acids is 2. The predicted molar refractivity (Wildman–Crippen MR) is 88.7 cm³/mol. The van der Waals surface area contributed by atoms with E-state index in [4.69, 9.17) is 4.74 Å². The first kappa shape index (κ1) is 19.3. The summed E-state index contributed by atoms with van der Waals surface area (Å²) in [5.74, 6) is -1.39. The third kappa shape index (κ3) is 5.45. The first-order chi connectivity index (χ1) is 11.4. The second-order valence-corrected chi connectivity index (χ2v) is 5.09. The van der Waals surface area contributed by atoms with Gasteiger partial charge in [0.05, 0.1) is 17.4 Å². The Morgan fingerprint density at radius 1 is 1.29 bits per heavy atom. The Morgan fingerprint density at radius 3 is 2.42 bits per heavy atom. The minimum absolute atomic E-state index is 0.100. The number of nitrogens with zero attached hydrogens (tertiary/aromatic N) is 2. The highest BCUT2D eigenvalue weighted by Gasteiger charge is 2.22. The van der Waals surface area contributed by atoms with Crippen LogP contribution in [0.5, 0.6) is 0 Å². The second-order valence-electron chi connectivity index (χ2n) is 5.09. The van der Waals surface area contributed by atoms with Crippen LogP contribution < -0.4 is 5.43 Å². The molecule has 0 bridgehead atoms. The molecule has 0 saturated heterocycles. The topological polar surface area (TPSA) is 111 Å². The van der Waals surface area contributed by atoms with Crippen LogP contribution in [0.1, 0.15) is 44.0 Å². The summed E-state index contributed by atoms with van der Waals surface area (Å²) in [6.07, 6.45) is 1.34. The van der Waals surface area contributed by atoms with Crippen LogP contribution in [0.15, 0.2) is 29.4 Å². The lowest BCUT2D eigenvalue weighted by Gasteiger charge is -2.14. The summed E-state index contributed by atoms with van der Waals surface area (Å²) in [5, 5.41) is 14.6. The zero-order valence-electron chi connectivity index (χ0n) is 13.9. The van der Waals surface area contributed by atoms with Crippen LogP contribution in [0.4, 0.5) is 5.69 Å². The molecule has 0 aliphatic heterocycles. The second kappa shape index (κ2) is 9.39. The summed E-state index contributed by atoms with van der Waals surface area (Å²) >= 11 is 0. The van der Waals surface area contributed by atoms with Crippen LogP contribution in [-0.4, -0.2) is 29.1 Å². The minimum atomic E-state index is -0.543. The molecule has 0 aliphatic carbocycles. The van der Waals surface area contributed by atoms with E-state index in [1.807, 2.05) is 6.92 Å². The van der Waals surface area contributed by atoms with Gasteiger partial charge in [0.25, 0.3) is 11.6 Å². The van der Waals surface area contributed by atoms with Gasteiger partial charge in [-0.15, -0.1) is 0 Å². The van der Waals surface area contributed by atoms with Crippen molar-refractivity contribution in [1.29, 1.82) is 0 Å². The maximum atomic E-state index is 12.0. The average Bonchev–Trinajstić information content (AvgIpc) is 2.57. The minimum Gasteiger partial charge on any atom is -0.465 e. The molecular weight excluding hydrogens is 314 g/mol. The highest BCUT2D eigenvalue weighted by atomic mass is 16.6. The van der Waals surface area contributed by atoms with E-state index in [1.54, 1.807) is 13.8 Å². The molecule has 0 aromatic heterocycles. The molecule has 1 aromatic rings. The first-order valence-corrected chi connectivity index (χ1v) is 7.66. The largest absolute Gasteiger partial charge is 0.465 e. The highest BCUT2D eigenvalue weighted by Crippen LogP contribution is 2.13. The Labute approximate surface area is 140 Å². The van der Waals surface area contributed by atoms with E-state index in [0.717, 1.165) is 6.42 Å². The lowest BCUT2D eigenvalue weighted by atomic mass is 9.99. The van der Waals surface area contributed by atoms with Gasteiger partial charge in [-0.2, -0.15) is 5.10 Å². The van der Waals surface area contributed by atoms with Crippen molar-refractivity contribution in [3.05, 3.63) is 39.9 Å². The molecule has 8 nitrogen and oxygen atoms in total. The van der Waals surface area contributed by atoms with E-state index < -0.39 is 16.7 Å². The number of non-ortho nitro benzene ring substituents is 1. The maximum absolute atomic E-state index is 12.0. The van der Waals surface area contributed by atoms with E-state index in [1.165, 1.54) is 24.3 Å². The number of nitro benzene ring substituents is 1. The molecule has 130 valence electrons. The molecular formula is C16H21N3O5. The number of esters is 1. The molecule has 0 fully saturated rings. The van der Waals surface area contributed by atoms with Gasteiger partial charge in [0.15, 0.2) is 0 Å². The maximum Gasteiger partial charge on any atom is 0.314 e. The summed E-state index contributed by atoms with van der Waals surface area (Å²) in [6.45, 7) is 5.59. The molecule has 1 amide bonds. The number of ether oxygens (including phenoxy) is 1. The normalized spacial score (nSPS) is 12.4. The van der Waals surface area contributed by atoms with Crippen LogP contribution in [0.3, 0.4) is 0 Å². The van der Waals surface area contributed by atoms with Crippen molar-refractivity contribution in [2.24, 2.45) is 11.0 Å². The van der Waals surface area contributed by atoms with E-state index in [9.17, 15) is 19.7 Å². The number of nitrogens with one attached hydrogen (secondary N) is 1. The number of nitro groups is 1. The number of hydrazone groups is 1. The zero-order valence-corrected chi connectivity index (χ0v) is 13.9.